The summed E-state index contributed by atoms with van der Waals surface area (Å²) in [7, 11) is 0. The van der Waals surface area contributed by atoms with Gasteiger partial charge in [-0.25, -0.2) is 0 Å². The van der Waals surface area contributed by atoms with Gasteiger partial charge in [0, 0.05) is 0 Å². The molecule has 2 unspecified atom stereocenters. The molecule has 1 rings (SSSR count). The molecule has 2 atom stereocenters. The van der Waals surface area contributed by atoms with E-state index in [4.69, 9.17) is 4.74 Å². The summed E-state index contributed by atoms with van der Waals surface area (Å²) in [6.45, 7) is 8.28. The molecule has 0 saturated heterocycles. The maximum Gasteiger partial charge on any atom is 0.311 e. The lowest BCUT2D eigenvalue weighted by molar-refractivity contribution is -0.155. The molecule has 0 aromatic carbocycles. The number of hydrogen-bond acceptors (Lipinski definition) is 3. The molecule has 17 heavy (non-hydrogen) atoms. The number of carbonyl (C=O) groups excluding carboxylic acids is 1. The van der Waals surface area contributed by atoms with Gasteiger partial charge in [0.25, 0.3) is 0 Å². The minimum Gasteiger partial charge on any atom is -0.465 e. The smallest absolute Gasteiger partial charge is 0.311 e. The molecule has 0 aliphatic heterocycles. The first-order valence-electron chi connectivity index (χ1n) is 6.72. The average molecular weight is 242 g/mol. The van der Waals surface area contributed by atoms with Crippen LogP contribution in [-0.4, -0.2) is 23.3 Å². The number of ether oxygens (including phenoxy) is 1. The molecule has 1 aliphatic rings. The zero-order chi connectivity index (χ0) is 13.1. The molecule has 0 aromatic heterocycles. The van der Waals surface area contributed by atoms with Crippen molar-refractivity contribution in [1.29, 1.82) is 0 Å². The van der Waals surface area contributed by atoms with Gasteiger partial charge in [-0.05, 0) is 51.9 Å². The largest absolute Gasteiger partial charge is 0.465 e. The van der Waals surface area contributed by atoms with Gasteiger partial charge in [-0.3, -0.25) is 4.79 Å². The summed E-state index contributed by atoms with van der Waals surface area (Å²) < 4.78 is 5.37. The molecule has 0 amide bonds. The van der Waals surface area contributed by atoms with Crippen molar-refractivity contribution < 1.29 is 14.6 Å². The van der Waals surface area contributed by atoms with E-state index in [0.29, 0.717) is 12.5 Å². The van der Waals surface area contributed by atoms with Gasteiger partial charge >= 0.3 is 5.97 Å². The Bertz CT molecular complexity index is 273. The van der Waals surface area contributed by atoms with Crippen molar-refractivity contribution in [1.82, 2.24) is 0 Å². The van der Waals surface area contributed by atoms with E-state index in [9.17, 15) is 9.90 Å². The van der Waals surface area contributed by atoms with Gasteiger partial charge in [0.15, 0.2) is 0 Å². The molecule has 1 fully saturated rings. The Morgan fingerprint density at radius 1 is 1.47 bits per heavy atom. The number of rotatable bonds is 5. The van der Waals surface area contributed by atoms with Crippen molar-refractivity contribution in [2.75, 3.05) is 6.61 Å². The molecule has 1 N–H and O–H groups in total. The van der Waals surface area contributed by atoms with Crippen LogP contribution < -0.4 is 0 Å². The minimum atomic E-state index is -0.517. The predicted octanol–water partition coefficient (Wildman–Crippen LogP) is 2.91. The highest BCUT2D eigenvalue weighted by Gasteiger charge is 2.37. The zero-order valence-corrected chi connectivity index (χ0v) is 11.6. The second-order valence-corrected chi connectivity index (χ2v) is 6.02. The number of hydrogen-bond donors (Lipinski definition) is 1. The highest BCUT2D eigenvalue weighted by atomic mass is 16.5. The Balaban J connectivity index is 2.36. The summed E-state index contributed by atoms with van der Waals surface area (Å²) in [5, 5.41) is 10.1. The van der Waals surface area contributed by atoms with Crippen molar-refractivity contribution in [3.63, 3.8) is 0 Å². The minimum absolute atomic E-state index is 0.119. The summed E-state index contributed by atoms with van der Waals surface area (Å²) in [5.74, 6) is 0.212. The molecule has 0 spiro atoms. The van der Waals surface area contributed by atoms with Gasteiger partial charge in [0.05, 0.1) is 17.6 Å². The summed E-state index contributed by atoms with van der Waals surface area (Å²) in [4.78, 5) is 11.8. The Morgan fingerprint density at radius 2 is 2.12 bits per heavy atom. The summed E-state index contributed by atoms with van der Waals surface area (Å²) in [6, 6.07) is 0. The van der Waals surface area contributed by atoms with Crippen molar-refractivity contribution in [3.8, 4) is 0 Å². The van der Waals surface area contributed by atoms with Crippen molar-refractivity contribution in [3.05, 3.63) is 0 Å². The molecule has 3 nitrogen and oxygen atoms in total. The first kappa shape index (κ1) is 14.5. The third kappa shape index (κ3) is 3.70. The highest BCUT2D eigenvalue weighted by molar-refractivity contribution is 5.75. The van der Waals surface area contributed by atoms with Crippen LogP contribution in [0.1, 0.15) is 59.8 Å². The fourth-order valence-corrected chi connectivity index (χ4v) is 2.21. The molecule has 0 aromatic rings. The van der Waals surface area contributed by atoms with E-state index in [1.807, 2.05) is 27.7 Å². The standard InChI is InChI=1S/C14H26O3/c1-5-13(3,4)12(15)17-10-11-7-8-14(16,6-2)9-11/h11,16H,5-10H2,1-4H3. The van der Waals surface area contributed by atoms with Crippen LogP contribution in [0, 0.1) is 11.3 Å². The monoisotopic (exact) mass is 242 g/mol. The van der Waals surface area contributed by atoms with E-state index >= 15 is 0 Å². The quantitative estimate of drug-likeness (QED) is 0.754. The van der Waals surface area contributed by atoms with Crippen LogP contribution in [0.15, 0.2) is 0 Å². The van der Waals surface area contributed by atoms with Gasteiger partial charge in [0.2, 0.25) is 0 Å². The van der Waals surface area contributed by atoms with E-state index in [2.05, 4.69) is 0 Å². The predicted molar refractivity (Wildman–Crippen MR) is 67.6 cm³/mol. The summed E-state index contributed by atoms with van der Waals surface area (Å²) in [5.41, 5.74) is -0.906. The lowest BCUT2D eigenvalue weighted by Gasteiger charge is -2.23. The second-order valence-electron chi connectivity index (χ2n) is 6.02. The molecule has 100 valence electrons. The van der Waals surface area contributed by atoms with E-state index in [1.165, 1.54) is 0 Å². The Hall–Kier alpha value is -0.570. The lowest BCUT2D eigenvalue weighted by Crippen LogP contribution is -2.28. The number of esters is 1. The van der Waals surface area contributed by atoms with E-state index < -0.39 is 5.60 Å². The normalized spacial score (nSPS) is 29.4. The third-order valence-corrected chi connectivity index (χ3v) is 4.23. The molecule has 0 radical (unpaired) electrons. The van der Waals surface area contributed by atoms with Gasteiger partial charge < -0.3 is 9.84 Å². The fourth-order valence-electron chi connectivity index (χ4n) is 2.21. The van der Waals surface area contributed by atoms with Gasteiger partial charge in [-0.2, -0.15) is 0 Å². The van der Waals surface area contributed by atoms with Crippen LogP contribution >= 0.6 is 0 Å². The Kier molecular flexibility index (Phi) is 4.59. The molecule has 0 heterocycles. The van der Waals surface area contributed by atoms with Crippen LogP contribution in [0.5, 0.6) is 0 Å². The van der Waals surface area contributed by atoms with Crippen LogP contribution in [0.4, 0.5) is 0 Å². The number of carbonyl (C=O) groups is 1. The first-order chi connectivity index (χ1) is 7.83. The van der Waals surface area contributed by atoms with Crippen molar-refractivity contribution in [2.24, 2.45) is 11.3 Å². The third-order valence-electron chi connectivity index (χ3n) is 4.23. The molecular weight excluding hydrogens is 216 g/mol. The molecule has 3 heteroatoms. The lowest BCUT2D eigenvalue weighted by atomic mass is 9.90. The highest BCUT2D eigenvalue weighted by Crippen LogP contribution is 2.37. The Morgan fingerprint density at radius 3 is 2.59 bits per heavy atom. The first-order valence-corrected chi connectivity index (χ1v) is 6.72. The van der Waals surface area contributed by atoms with Crippen LogP contribution in [0.2, 0.25) is 0 Å². The van der Waals surface area contributed by atoms with Gasteiger partial charge in [-0.15, -0.1) is 0 Å². The molecule has 0 bridgehead atoms. The average Bonchev–Trinajstić information content (AvgIpc) is 2.69. The SMILES string of the molecule is CCC1(O)CCC(COC(=O)C(C)(C)CC)C1. The fraction of sp³-hybridized carbons (Fsp3) is 0.929. The van der Waals surface area contributed by atoms with Crippen molar-refractivity contribution in [2.45, 2.75) is 65.4 Å². The summed E-state index contributed by atoms with van der Waals surface area (Å²) >= 11 is 0. The second kappa shape index (κ2) is 5.38. The van der Waals surface area contributed by atoms with Gasteiger partial charge in [-0.1, -0.05) is 13.8 Å². The van der Waals surface area contributed by atoms with Crippen LogP contribution in [-0.2, 0) is 9.53 Å². The van der Waals surface area contributed by atoms with E-state index in [1.54, 1.807) is 0 Å². The summed E-state index contributed by atoms with van der Waals surface area (Å²) in [6.07, 6.45) is 4.14. The molecule has 1 saturated carbocycles. The number of aliphatic hydroxyl groups is 1. The zero-order valence-electron chi connectivity index (χ0n) is 11.6. The van der Waals surface area contributed by atoms with Crippen LogP contribution in [0.3, 0.4) is 0 Å². The van der Waals surface area contributed by atoms with E-state index in [-0.39, 0.29) is 11.4 Å². The van der Waals surface area contributed by atoms with E-state index in [0.717, 1.165) is 32.1 Å². The Labute approximate surface area is 105 Å². The maximum atomic E-state index is 11.8. The van der Waals surface area contributed by atoms with Crippen molar-refractivity contribution >= 4 is 5.97 Å². The maximum absolute atomic E-state index is 11.8. The van der Waals surface area contributed by atoms with Gasteiger partial charge in [0.1, 0.15) is 0 Å². The molecule has 1 aliphatic carbocycles. The topological polar surface area (TPSA) is 46.5 Å². The molecular formula is C14H26O3. The van der Waals surface area contributed by atoms with Crippen LogP contribution in [0.25, 0.3) is 0 Å².